The van der Waals surface area contributed by atoms with E-state index in [1.807, 2.05) is 6.92 Å². The standard InChI is InChI=1S/C14H19ClN2O3/c1-8(2)11(13(18)19)7-16-14(20)17-10-5-4-9(3)12(15)6-10/h4-6,8,11H,7H2,1-3H3,(H,18,19)(H2,16,17,20). The van der Waals surface area contributed by atoms with E-state index in [9.17, 15) is 9.59 Å². The molecule has 0 fully saturated rings. The van der Waals surface area contributed by atoms with Crippen molar-refractivity contribution in [2.45, 2.75) is 20.8 Å². The lowest BCUT2D eigenvalue weighted by Crippen LogP contribution is -2.37. The maximum atomic E-state index is 11.7. The molecular weight excluding hydrogens is 280 g/mol. The first-order chi connectivity index (χ1) is 9.31. The van der Waals surface area contributed by atoms with Crippen molar-refractivity contribution in [3.05, 3.63) is 28.8 Å². The molecule has 0 spiro atoms. The number of hydrogen-bond acceptors (Lipinski definition) is 2. The third-order valence-corrected chi connectivity index (χ3v) is 3.44. The second kappa shape index (κ2) is 7.14. The van der Waals surface area contributed by atoms with Gasteiger partial charge in [-0.1, -0.05) is 31.5 Å². The highest BCUT2D eigenvalue weighted by Crippen LogP contribution is 2.19. The lowest BCUT2D eigenvalue weighted by Gasteiger charge is -2.17. The molecule has 0 aliphatic heterocycles. The number of rotatable bonds is 5. The fourth-order valence-electron chi connectivity index (χ4n) is 1.66. The van der Waals surface area contributed by atoms with Crippen LogP contribution >= 0.6 is 11.6 Å². The largest absolute Gasteiger partial charge is 0.481 e. The van der Waals surface area contributed by atoms with Crippen LogP contribution in [-0.4, -0.2) is 23.7 Å². The number of carbonyl (C=O) groups excluding carboxylic acids is 1. The quantitative estimate of drug-likeness (QED) is 0.781. The molecule has 1 rings (SSSR count). The van der Waals surface area contributed by atoms with Crippen molar-refractivity contribution in [1.82, 2.24) is 5.32 Å². The van der Waals surface area contributed by atoms with Crippen LogP contribution in [0.1, 0.15) is 19.4 Å². The van der Waals surface area contributed by atoms with Crippen molar-refractivity contribution in [2.75, 3.05) is 11.9 Å². The molecule has 0 heterocycles. The fraction of sp³-hybridized carbons (Fsp3) is 0.429. The van der Waals surface area contributed by atoms with Crippen LogP contribution < -0.4 is 10.6 Å². The van der Waals surface area contributed by atoms with Gasteiger partial charge in [0.1, 0.15) is 0 Å². The predicted octanol–water partition coefficient (Wildman–Crippen LogP) is 3.13. The van der Waals surface area contributed by atoms with E-state index in [1.165, 1.54) is 0 Å². The molecule has 110 valence electrons. The second-order valence-electron chi connectivity index (χ2n) is 4.99. The van der Waals surface area contributed by atoms with Crippen LogP contribution in [0.3, 0.4) is 0 Å². The highest BCUT2D eigenvalue weighted by atomic mass is 35.5. The Morgan fingerprint density at radius 2 is 2.00 bits per heavy atom. The maximum absolute atomic E-state index is 11.7. The van der Waals surface area contributed by atoms with E-state index in [-0.39, 0.29) is 12.5 Å². The SMILES string of the molecule is Cc1ccc(NC(=O)NCC(C(=O)O)C(C)C)cc1Cl. The fourth-order valence-corrected chi connectivity index (χ4v) is 1.84. The van der Waals surface area contributed by atoms with Gasteiger partial charge in [-0.05, 0) is 30.5 Å². The third kappa shape index (κ3) is 4.74. The van der Waals surface area contributed by atoms with E-state index in [2.05, 4.69) is 10.6 Å². The van der Waals surface area contributed by atoms with Crippen molar-refractivity contribution < 1.29 is 14.7 Å². The van der Waals surface area contributed by atoms with Gasteiger partial charge in [0, 0.05) is 17.3 Å². The monoisotopic (exact) mass is 298 g/mol. The molecule has 0 aromatic heterocycles. The summed E-state index contributed by atoms with van der Waals surface area (Å²) in [5.41, 5.74) is 1.48. The minimum Gasteiger partial charge on any atom is -0.481 e. The molecule has 1 aromatic rings. The second-order valence-corrected chi connectivity index (χ2v) is 5.39. The average Bonchev–Trinajstić information content (AvgIpc) is 2.33. The number of halogens is 1. The van der Waals surface area contributed by atoms with Crippen LogP contribution in [-0.2, 0) is 4.79 Å². The number of carbonyl (C=O) groups is 2. The minimum atomic E-state index is -0.918. The number of aryl methyl sites for hydroxylation is 1. The number of anilines is 1. The van der Waals surface area contributed by atoms with Crippen LogP contribution in [0.5, 0.6) is 0 Å². The number of carboxylic acid groups (broad SMARTS) is 1. The third-order valence-electron chi connectivity index (χ3n) is 3.03. The maximum Gasteiger partial charge on any atom is 0.319 e. The van der Waals surface area contributed by atoms with E-state index in [4.69, 9.17) is 16.7 Å². The molecule has 3 N–H and O–H groups in total. The van der Waals surface area contributed by atoms with Gasteiger partial charge in [0.25, 0.3) is 0 Å². The van der Waals surface area contributed by atoms with E-state index in [0.29, 0.717) is 10.7 Å². The molecule has 20 heavy (non-hydrogen) atoms. The molecule has 0 aliphatic carbocycles. The van der Waals surface area contributed by atoms with Crippen molar-refractivity contribution in [3.8, 4) is 0 Å². The zero-order chi connectivity index (χ0) is 15.3. The van der Waals surface area contributed by atoms with Gasteiger partial charge in [-0.15, -0.1) is 0 Å². The first-order valence-electron chi connectivity index (χ1n) is 6.35. The van der Waals surface area contributed by atoms with Gasteiger partial charge in [0.2, 0.25) is 0 Å². The van der Waals surface area contributed by atoms with Gasteiger partial charge in [-0.2, -0.15) is 0 Å². The number of amides is 2. The lowest BCUT2D eigenvalue weighted by molar-refractivity contribution is -0.142. The molecule has 1 atom stereocenters. The van der Waals surface area contributed by atoms with Gasteiger partial charge in [0.15, 0.2) is 0 Å². The number of hydrogen-bond donors (Lipinski definition) is 3. The molecular formula is C14H19ClN2O3. The predicted molar refractivity (Wildman–Crippen MR) is 79.2 cm³/mol. The highest BCUT2D eigenvalue weighted by Gasteiger charge is 2.21. The zero-order valence-corrected chi connectivity index (χ0v) is 12.5. The molecule has 6 heteroatoms. The normalized spacial score (nSPS) is 12.1. The first-order valence-corrected chi connectivity index (χ1v) is 6.73. The molecule has 1 unspecified atom stereocenters. The van der Waals surface area contributed by atoms with Crippen LogP contribution in [0.4, 0.5) is 10.5 Å². The molecule has 0 aliphatic rings. The summed E-state index contributed by atoms with van der Waals surface area (Å²) in [5, 5.41) is 14.8. The van der Waals surface area contributed by atoms with Crippen LogP contribution in [0.2, 0.25) is 5.02 Å². The summed E-state index contributed by atoms with van der Waals surface area (Å²) < 4.78 is 0. The summed E-state index contributed by atoms with van der Waals surface area (Å²) in [5.74, 6) is -1.58. The summed E-state index contributed by atoms with van der Waals surface area (Å²) in [6.07, 6.45) is 0. The highest BCUT2D eigenvalue weighted by molar-refractivity contribution is 6.31. The number of urea groups is 1. The summed E-state index contributed by atoms with van der Waals surface area (Å²) in [6.45, 7) is 5.56. The molecule has 0 bridgehead atoms. The Kier molecular flexibility index (Phi) is 5.82. The summed E-state index contributed by atoms with van der Waals surface area (Å²) >= 11 is 5.96. The molecule has 5 nitrogen and oxygen atoms in total. The van der Waals surface area contributed by atoms with Gasteiger partial charge in [0.05, 0.1) is 5.92 Å². The van der Waals surface area contributed by atoms with Crippen LogP contribution in [0, 0.1) is 18.8 Å². The Bertz CT molecular complexity index is 503. The Labute approximate surface area is 123 Å². The Balaban J connectivity index is 2.55. The summed E-state index contributed by atoms with van der Waals surface area (Å²) in [4.78, 5) is 22.7. The van der Waals surface area contributed by atoms with Crippen molar-refractivity contribution >= 4 is 29.3 Å². The van der Waals surface area contributed by atoms with Crippen molar-refractivity contribution in [3.63, 3.8) is 0 Å². The average molecular weight is 299 g/mol. The number of benzene rings is 1. The molecule has 1 aromatic carbocycles. The molecule has 0 saturated carbocycles. The Morgan fingerprint density at radius 3 is 2.50 bits per heavy atom. The van der Waals surface area contributed by atoms with Crippen LogP contribution in [0.15, 0.2) is 18.2 Å². The lowest BCUT2D eigenvalue weighted by atomic mass is 9.96. The number of aliphatic carboxylic acids is 1. The molecule has 0 saturated heterocycles. The minimum absolute atomic E-state index is 0.0541. The van der Waals surface area contributed by atoms with Gasteiger partial charge in [-0.3, -0.25) is 4.79 Å². The van der Waals surface area contributed by atoms with E-state index < -0.39 is 17.9 Å². The summed E-state index contributed by atoms with van der Waals surface area (Å²) in [7, 11) is 0. The van der Waals surface area contributed by atoms with E-state index in [1.54, 1.807) is 32.0 Å². The number of nitrogens with one attached hydrogen (secondary N) is 2. The topological polar surface area (TPSA) is 78.4 Å². The van der Waals surface area contributed by atoms with Crippen LogP contribution in [0.25, 0.3) is 0 Å². The smallest absolute Gasteiger partial charge is 0.319 e. The van der Waals surface area contributed by atoms with Crippen molar-refractivity contribution in [1.29, 1.82) is 0 Å². The van der Waals surface area contributed by atoms with E-state index in [0.717, 1.165) is 5.56 Å². The van der Waals surface area contributed by atoms with E-state index >= 15 is 0 Å². The zero-order valence-electron chi connectivity index (χ0n) is 11.7. The Hall–Kier alpha value is -1.75. The number of carboxylic acids is 1. The van der Waals surface area contributed by atoms with Gasteiger partial charge in [-0.25, -0.2) is 4.79 Å². The van der Waals surface area contributed by atoms with Crippen molar-refractivity contribution in [2.24, 2.45) is 11.8 Å². The molecule has 2 amide bonds. The van der Waals surface area contributed by atoms with Gasteiger partial charge < -0.3 is 15.7 Å². The first kappa shape index (κ1) is 16.3. The Morgan fingerprint density at radius 1 is 1.35 bits per heavy atom. The summed E-state index contributed by atoms with van der Waals surface area (Å²) in [6, 6.07) is 4.73. The molecule has 0 radical (unpaired) electrons. The van der Waals surface area contributed by atoms with Gasteiger partial charge >= 0.3 is 12.0 Å².